The Morgan fingerprint density at radius 2 is 1.83 bits per heavy atom. The topological polar surface area (TPSA) is 45.5 Å². The second-order valence-electron chi connectivity index (χ2n) is 6.35. The number of benzene rings is 2. The molecule has 1 amide bonds. The summed E-state index contributed by atoms with van der Waals surface area (Å²) in [6.45, 7) is 1.70. The van der Waals surface area contributed by atoms with E-state index >= 15 is 0 Å². The van der Waals surface area contributed by atoms with Gasteiger partial charge in [0.15, 0.2) is 0 Å². The average Bonchev–Trinajstić information content (AvgIpc) is 3.20. The number of β-amino-alcohol motifs (C(OH)–C–C–N with tert-alkyl or cyclic N) is 1. The molecule has 1 saturated heterocycles. The molecule has 0 spiro atoms. The summed E-state index contributed by atoms with van der Waals surface area (Å²) in [6.07, 6.45) is 0.255. The second kappa shape index (κ2) is 6.13. The van der Waals surface area contributed by atoms with E-state index in [1.54, 1.807) is 4.90 Å². The van der Waals surface area contributed by atoms with Gasteiger partial charge in [-0.25, -0.2) is 0 Å². The number of fused-ring (bicyclic) bond motifs is 1. The summed E-state index contributed by atoms with van der Waals surface area (Å²) in [7, 11) is 0. The van der Waals surface area contributed by atoms with E-state index in [1.165, 1.54) is 0 Å². The highest BCUT2D eigenvalue weighted by Gasteiger charge is 2.27. The van der Waals surface area contributed by atoms with Crippen molar-refractivity contribution in [2.24, 2.45) is 0 Å². The summed E-state index contributed by atoms with van der Waals surface area (Å²) in [5.41, 5.74) is 2.91. The molecule has 4 nitrogen and oxygen atoms in total. The molecule has 1 aliphatic heterocycles. The van der Waals surface area contributed by atoms with Crippen molar-refractivity contribution in [2.45, 2.75) is 19.1 Å². The molecule has 1 fully saturated rings. The smallest absolute Gasteiger partial charge is 0.270 e. The van der Waals surface area contributed by atoms with Crippen LogP contribution in [0.4, 0.5) is 0 Å². The van der Waals surface area contributed by atoms with Gasteiger partial charge < -0.3 is 14.6 Å². The fourth-order valence-corrected chi connectivity index (χ4v) is 3.41. The summed E-state index contributed by atoms with van der Waals surface area (Å²) in [5.74, 6) is -0.00122. The molecule has 1 N–H and O–H groups in total. The van der Waals surface area contributed by atoms with E-state index < -0.39 is 6.10 Å². The fraction of sp³-hybridized carbons (Fsp3) is 0.250. The van der Waals surface area contributed by atoms with Crippen LogP contribution in [-0.2, 0) is 6.54 Å². The number of para-hydroxylation sites is 1. The second-order valence-corrected chi connectivity index (χ2v) is 6.35. The van der Waals surface area contributed by atoms with Crippen LogP contribution in [0.15, 0.2) is 60.7 Å². The first-order valence-electron chi connectivity index (χ1n) is 8.32. The summed E-state index contributed by atoms with van der Waals surface area (Å²) in [5, 5.41) is 10.8. The molecular weight excluding hydrogens is 300 g/mol. The van der Waals surface area contributed by atoms with Gasteiger partial charge in [0, 0.05) is 30.5 Å². The normalized spacial score (nSPS) is 17.5. The number of carbonyl (C=O) groups is 1. The van der Waals surface area contributed by atoms with Crippen molar-refractivity contribution in [1.29, 1.82) is 0 Å². The largest absolute Gasteiger partial charge is 0.391 e. The fourth-order valence-electron chi connectivity index (χ4n) is 3.41. The van der Waals surface area contributed by atoms with Gasteiger partial charge in [-0.3, -0.25) is 4.79 Å². The first kappa shape index (κ1) is 15.0. The van der Waals surface area contributed by atoms with Gasteiger partial charge in [-0.15, -0.1) is 0 Å². The number of rotatable bonds is 3. The van der Waals surface area contributed by atoms with E-state index in [4.69, 9.17) is 0 Å². The molecule has 4 heteroatoms. The zero-order chi connectivity index (χ0) is 16.5. The maximum Gasteiger partial charge on any atom is 0.270 e. The van der Waals surface area contributed by atoms with Crippen LogP contribution in [0.2, 0.25) is 0 Å². The highest BCUT2D eigenvalue weighted by Crippen LogP contribution is 2.24. The predicted molar refractivity (Wildman–Crippen MR) is 94.0 cm³/mol. The number of likely N-dealkylation sites (tertiary alicyclic amines) is 1. The number of aliphatic hydroxyl groups is 1. The molecule has 24 heavy (non-hydrogen) atoms. The van der Waals surface area contributed by atoms with E-state index in [0.29, 0.717) is 31.7 Å². The Labute approximate surface area is 140 Å². The van der Waals surface area contributed by atoms with Gasteiger partial charge in [-0.2, -0.15) is 0 Å². The maximum absolute atomic E-state index is 13.0. The van der Waals surface area contributed by atoms with Crippen LogP contribution >= 0.6 is 0 Å². The van der Waals surface area contributed by atoms with E-state index in [9.17, 15) is 9.90 Å². The standard InChI is InChI=1S/C20H20N2O2/c23-17-10-11-21(14-17)20(24)19-12-16-8-4-5-9-18(16)22(19)13-15-6-2-1-3-7-15/h1-9,12,17,23H,10-11,13-14H2/t17-/m1/s1. The van der Waals surface area contributed by atoms with Crippen LogP contribution < -0.4 is 0 Å². The lowest BCUT2D eigenvalue weighted by Crippen LogP contribution is -2.31. The van der Waals surface area contributed by atoms with Gasteiger partial charge in [0.1, 0.15) is 5.69 Å². The van der Waals surface area contributed by atoms with Crippen LogP contribution in [-0.4, -0.2) is 39.7 Å². The van der Waals surface area contributed by atoms with E-state index in [-0.39, 0.29) is 5.91 Å². The van der Waals surface area contributed by atoms with Crippen LogP contribution in [0.5, 0.6) is 0 Å². The zero-order valence-electron chi connectivity index (χ0n) is 13.4. The Kier molecular flexibility index (Phi) is 3.82. The van der Waals surface area contributed by atoms with E-state index in [1.807, 2.05) is 48.5 Å². The monoisotopic (exact) mass is 320 g/mol. The van der Waals surface area contributed by atoms with Crippen molar-refractivity contribution < 1.29 is 9.90 Å². The molecule has 1 aliphatic rings. The highest BCUT2D eigenvalue weighted by atomic mass is 16.3. The Morgan fingerprint density at radius 3 is 2.58 bits per heavy atom. The number of nitrogens with zero attached hydrogens (tertiary/aromatic N) is 2. The number of amides is 1. The zero-order valence-corrected chi connectivity index (χ0v) is 13.4. The molecule has 4 rings (SSSR count). The Balaban J connectivity index is 1.76. The molecule has 2 heterocycles. The number of carbonyl (C=O) groups excluding carboxylic acids is 1. The SMILES string of the molecule is O=C(c1cc2ccccc2n1Cc1ccccc1)N1CC[C@@H](O)C1. The van der Waals surface area contributed by atoms with Crippen LogP contribution in [0.25, 0.3) is 10.9 Å². The number of hydrogen-bond acceptors (Lipinski definition) is 2. The molecule has 0 saturated carbocycles. The molecule has 1 aromatic heterocycles. The molecule has 2 aromatic carbocycles. The van der Waals surface area contributed by atoms with Gasteiger partial charge in [-0.05, 0) is 24.1 Å². The number of hydrogen-bond donors (Lipinski definition) is 1. The third-order valence-corrected chi connectivity index (χ3v) is 4.66. The van der Waals surface area contributed by atoms with Crippen molar-refractivity contribution in [3.8, 4) is 0 Å². The summed E-state index contributed by atoms with van der Waals surface area (Å²) < 4.78 is 2.08. The van der Waals surface area contributed by atoms with Crippen molar-refractivity contribution in [2.75, 3.05) is 13.1 Å². The summed E-state index contributed by atoms with van der Waals surface area (Å²) in [6, 6.07) is 20.2. The molecular formula is C20H20N2O2. The third-order valence-electron chi connectivity index (χ3n) is 4.66. The van der Waals surface area contributed by atoms with Crippen molar-refractivity contribution in [3.63, 3.8) is 0 Å². The summed E-state index contributed by atoms with van der Waals surface area (Å²) >= 11 is 0. The first-order valence-corrected chi connectivity index (χ1v) is 8.32. The Morgan fingerprint density at radius 1 is 1.08 bits per heavy atom. The van der Waals surface area contributed by atoms with Gasteiger partial charge >= 0.3 is 0 Å². The van der Waals surface area contributed by atoms with Crippen molar-refractivity contribution in [3.05, 3.63) is 71.9 Å². The van der Waals surface area contributed by atoms with Gasteiger partial charge in [0.2, 0.25) is 0 Å². The molecule has 0 aliphatic carbocycles. The Hall–Kier alpha value is -2.59. The molecule has 3 aromatic rings. The Bertz CT molecular complexity index is 870. The molecule has 0 radical (unpaired) electrons. The van der Waals surface area contributed by atoms with Crippen LogP contribution in [0.3, 0.4) is 0 Å². The van der Waals surface area contributed by atoms with Gasteiger partial charge in [0.05, 0.1) is 6.10 Å². The lowest BCUT2D eigenvalue weighted by Gasteiger charge is -2.17. The minimum atomic E-state index is -0.402. The quantitative estimate of drug-likeness (QED) is 0.806. The minimum absolute atomic E-state index is 0.00122. The van der Waals surface area contributed by atoms with Gasteiger partial charge in [-0.1, -0.05) is 48.5 Å². The molecule has 1 atom stereocenters. The molecule has 122 valence electrons. The molecule has 0 unspecified atom stereocenters. The minimum Gasteiger partial charge on any atom is -0.391 e. The predicted octanol–water partition coefficient (Wildman–Crippen LogP) is 2.90. The average molecular weight is 320 g/mol. The summed E-state index contributed by atoms with van der Waals surface area (Å²) in [4.78, 5) is 14.7. The van der Waals surface area contributed by atoms with E-state index in [0.717, 1.165) is 16.5 Å². The lowest BCUT2D eigenvalue weighted by molar-refractivity contribution is 0.0755. The van der Waals surface area contributed by atoms with Crippen LogP contribution in [0.1, 0.15) is 22.5 Å². The third kappa shape index (κ3) is 2.69. The van der Waals surface area contributed by atoms with Crippen molar-refractivity contribution >= 4 is 16.8 Å². The first-order chi connectivity index (χ1) is 11.7. The maximum atomic E-state index is 13.0. The van der Waals surface area contributed by atoms with Gasteiger partial charge in [0.25, 0.3) is 5.91 Å². The van der Waals surface area contributed by atoms with Crippen molar-refractivity contribution in [1.82, 2.24) is 9.47 Å². The van der Waals surface area contributed by atoms with E-state index in [2.05, 4.69) is 16.7 Å². The highest BCUT2D eigenvalue weighted by molar-refractivity contribution is 5.99. The molecule has 0 bridgehead atoms. The van der Waals surface area contributed by atoms with Crippen LogP contribution in [0, 0.1) is 0 Å². The number of aromatic nitrogens is 1. The lowest BCUT2D eigenvalue weighted by atomic mass is 10.2. The number of aliphatic hydroxyl groups excluding tert-OH is 1.